The predicted molar refractivity (Wildman–Crippen MR) is 118 cm³/mol. The molecular weight excluding hydrogens is 430 g/mol. The Hall–Kier alpha value is -4.05. The number of rotatable bonds is 7. The SMILES string of the molecule is O=C(CSc1nnc(-c2ccc3c(c2)OCO3)n1-c1ccccc1)NN=Cc1ccco1. The van der Waals surface area contributed by atoms with Crippen molar-refractivity contribution in [3.05, 3.63) is 72.7 Å². The van der Waals surface area contributed by atoms with Gasteiger partial charge in [0, 0.05) is 11.3 Å². The Morgan fingerprint density at radius 1 is 1.09 bits per heavy atom. The third kappa shape index (κ3) is 4.21. The summed E-state index contributed by atoms with van der Waals surface area (Å²) in [6.07, 6.45) is 2.97. The van der Waals surface area contributed by atoms with Crippen LogP contribution in [-0.4, -0.2) is 39.4 Å². The van der Waals surface area contributed by atoms with Crippen LogP contribution in [0.2, 0.25) is 0 Å². The molecule has 0 bridgehead atoms. The summed E-state index contributed by atoms with van der Waals surface area (Å²) in [5.74, 6) is 2.38. The molecule has 2 aromatic carbocycles. The van der Waals surface area contributed by atoms with Crippen molar-refractivity contribution in [2.75, 3.05) is 12.5 Å². The lowest BCUT2D eigenvalue weighted by Gasteiger charge is -2.10. The average molecular weight is 447 g/mol. The van der Waals surface area contributed by atoms with Crippen LogP contribution in [0.5, 0.6) is 11.5 Å². The minimum absolute atomic E-state index is 0.113. The van der Waals surface area contributed by atoms with Gasteiger partial charge in [0.05, 0.1) is 18.2 Å². The minimum atomic E-state index is -0.273. The smallest absolute Gasteiger partial charge is 0.250 e. The number of carbonyl (C=O) groups is 1. The molecule has 5 rings (SSSR count). The number of aromatic nitrogens is 3. The normalized spacial score (nSPS) is 12.4. The molecule has 32 heavy (non-hydrogen) atoms. The van der Waals surface area contributed by atoms with Gasteiger partial charge in [-0.2, -0.15) is 5.10 Å². The molecule has 0 atom stereocenters. The van der Waals surface area contributed by atoms with Crippen LogP contribution in [0.3, 0.4) is 0 Å². The number of thioether (sulfide) groups is 1. The fraction of sp³-hybridized carbons (Fsp3) is 0.0909. The number of hydrogen-bond acceptors (Lipinski definition) is 8. The van der Waals surface area contributed by atoms with Gasteiger partial charge in [-0.25, -0.2) is 5.43 Å². The molecular formula is C22H17N5O4S. The Balaban J connectivity index is 1.37. The van der Waals surface area contributed by atoms with Crippen LogP contribution >= 0.6 is 11.8 Å². The van der Waals surface area contributed by atoms with Crippen molar-refractivity contribution in [1.82, 2.24) is 20.2 Å². The number of nitrogens with zero attached hydrogens (tertiary/aromatic N) is 4. The monoisotopic (exact) mass is 447 g/mol. The molecule has 0 fully saturated rings. The number of ether oxygens (including phenoxy) is 2. The van der Waals surface area contributed by atoms with Gasteiger partial charge in [0.1, 0.15) is 5.76 Å². The van der Waals surface area contributed by atoms with Gasteiger partial charge in [-0.15, -0.1) is 10.2 Å². The number of benzene rings is 2. The average Bonchev–Trinajstić information content (AvgIpc) is 3.58. The molecule has 0 saturated carbocycles. The lowest BCUT2D eigenvalue weighted by atomic mass is 10.2. The molecule has 0 radical (unpaired) electrons. The van der Waals surface area contributed by atoms with Crippen molar-refractivity contribution in [3.8, 4) is 28.6 Å². The number of nitrogens with one attached hydrogen (secondary N) is 1. The first-order chi connectivity index (χ1) is 15.8. The van der Waals surface area contributed by atoms with Crippen LogP contribution in [-0.2, 0) is 4.79 Å². The summed E-state index contributed by atoms with van der Waals surface area (Å²) in [6, 6.07) is 18.8. The van der Waals surface area contributed by atoms with Crippen LogP contribution in [0.25, 0.3) is 17.1 Å². The van der Waals surface area contributed by atoms with Crippen molar-refractivity contribution >= 4 is 23.9 Å². The van der Waals surface area contributed by atoms with Gasteiger partial charge in [0.15, 0.2) is 22.5 Å². The molecule has 160 valence electrons. The highest BCUT2D eigenvalue weighted by molar-refractivity contribution is 7.99. The van der Waals surface area contributed by atoms with E-state index in [0.717, 1.165) is 11.3 Å². The van der Waals surface area contributed by atoms with Crippen LogP contribution in [0.15, 0.2) is 81.6 Å². The van der Waals surface area contributed by atoms with E-state index < -0.39 is 0 Å². The third-order valence-corrected chi connectivity index (χ3v) is 5.46. The first-order valence-corrected chi connectivity index (χ1v) is 10.7. The highest BCUT2D eigenvalue weighted by atomic mass is 32.2. The molecule has 2 aromatic heterocycles. The third-order valence-electron chi connectivity index (χ3n) is 4.54. The zero-order valence-electron chi connectivity index (χ0n) is 16.7. The summed E-state index contributed by atoms with van der Waals surface area (Å²) in [6.45, 7) is 0.197. The van der Waals surface area contributed by atoms with E-state index in [1.165, 1.54) is 24.2 Å². The van der Waals surface area contributed by atoms with E-state index in [1.54, 1.807) is 12.1 Å². The lowest BCUT2D eigenvalue weighted by molar-refractivity contribution is -0.118. The van der Waals surface area contributed by atoms with Gasteiger partial charge in [-0.05, 0) is 42.5 Å². The number of hydrogen-bond donors (Lipinski definition) is 1. The summed E-state index contributed by atoms with van der Waals surface area (Å²) < 4.78 is 17.9. The van der Waals surface area contributed by atoms with Crippen molar-refractivity contribution in [3.63, 3.8) is 0 Å². The van der Waals surface area contributed by atoms with Gasteiger partial charge in [-0.1, -0.05) is 30.0 Å². The number of furan rings is 1. The molecule has 10 heteroatoms. The van der Waals surface area contributed by atoms with Gasteiger partial charge >= 0.3 is 0 Å². The minimum Gasteiger partial charge on any atom is -0.463 e. The Kier molecular flexibility index (Phi) is 5.58. The molecule has 0 spiro atoms. The van der Waals surface area contributed by atoms with Gasteiger partial charge in [0.2, 0.25) is 6.79 Å². The number of hydrazone groups is 1. The molecule has 0 saturated heterocycles. The van der Waals surface area contributed by atoms with Gasteiger partial charge in [-0.3, -0.25) is 9.36 Å². The van der Waals surface area contributed by atoms with Gasteiger partial charge in [0.25, 0.3) is 5.91 Å². The summed E-state index contributed by atoms with van der Waals surface area (Å²) in [7, 11) is 0. The Labute approximate surface area is 187 Å². The molecule has 4 aromatic rings. The maximum atomic E-state index is 12.2. The van der Waals surface area contributed by atoms with Crippen LogP contribution < -0.4 is 14.9 Å². The van der Waals surface area contributed by atoms with Crippen molar-refractivity contribution in [1.29, 1.82) is 0 Å². The topological polar surface area (TPSA) is 104 Å². The second-order valence-electron chi connectivity index (χ2n) is 6.64. The summed E-state index contributed by atoms with van der Waals surface area (Å²) in [4.78, 5) is 12.2. The summed E-state index contributed by atoms with van der Waals surface area (Å²) in [5.41, 5.74) is 4.18. The largest absolute Gasteiger partial charge is 0.463 e. The van der Waals surface area contributed by atoms with Crippen LogP contribution in [0.1, 0.15) is 5.76 Å². The van der Waals surface area contributed by atoms with E-state index in [1.807, 2.05) is 53.1 Å². The van der Waals surface area contributed by atoms with Gasteiger partial charge < -0.3 is 13.9 Å². The maximum absolute atomic E-state index is 12.2. The molecule has 9 nitrogen and oxygen atoms in total. The molecule has 1 N–H and O–H groups in total. The molecule has 1 aliphatic rings. The second kappa shape index (κ2) is 8.98. The molecule has 1 amide bonds. The fourth-order valence-electron chi connectivity index (χ4n) is 3.09. The van der Waals surface area contributed by atoms with E-state index >= 15 is 0 Å². The zero-order valence-corrected chi connectivity index (χ0v) is 17.5. The van der Waals surface area contributed by atoms with E-state index in [9.17, 15) is 4.79 Å². The van der Waals surface area contributed by atoms with E-state index in [4.69, 9.17) is 13.9 Å². The number of carbonyl (C=O) groups excluding carboxylic acids is 1. The molecule has 0 aliphatic carbocycles. The quantitative estimate of drug-likeness (QED) is 0.263. The van der Waals surface area contributed by atoms with Crippen molar-refractivity contribution < 1.29 is 18.7 Å². The maximum Gasteiger partial charge on any atom is 0.250 e. The summed E-state index contributed by atoms with van der Waals surface area (Å²) >= 11 is 1.26. The van der Waals surface area contributed by atoms with Crippen LogP contribution in [0, 0.1) is 0 Å². The standard InChI is InChI=1S/C22H17N5O4S/c28-20(24-23-12-17-7-4-10-29-17)13-32-22-26-25-21(27(22)16-5-2-1-3-6-16)15-8-9-18-19(11-15)31-14-30-18/h1-12H,13-14H2,(H,24,28). The highest BCUT2D eigenvalue weighted by Crippen LogP contribution is 2.36. The van der Waals surface area contributed by atoms with Crippen LogP contribution in [0.4, 0.5) is 0 Å². The van der Waals surface area contributed by atoms with E-state index in [0.29, 0.717) is 28.2 Å². The number of amides is 1. The molecule has 1 aliphatic heterocycles. The van der Waals surface area contributed by atoms with E-state index in [2.05, 4.69) is 20.7 Å². The zero-order chi connectivity index (χ0) is 21.8. The van der Waals surface area contributed by atoms with Crippen molar-refractivity contribution in [2.24, 2.45) is 5.10 Å². The molecule has 3 heterocycles. The number of fused-ring (bicyclic) bond motifs is 1. The van der Waals surface area contributed by atoms with Crippen molar-refractivity contribution in [2.45, 2.75) is 5.16 Å². The Morgan fingerprint density at radius 2 is 1.97 bits per heavy atom. The molecule has 0 unspecified atom stereocenters. The second-order valence-corrected chi connectivity index (χ2v) is 7.58. The fourth-order valence-corrected chi connectivity index (χ4v) is 3.84. The first kappa shape index (κ1) is 19.9. The summed E-state index contributed by atoms with van der Waals surface area (Å²) in [5, 5.41) is 13.2. The first-order valence-electron chi connectivity index (χ1n) is 9.67. The lowest BCUT2D eigenvalue weighted by Crippen LogP contribution is -2.19. The highest BCUT2D eigenvalue weighted by Gasteiger charge is 2.20. The Bertz CT molecular complexity index is 1250. The van der Waals surface area contributed by atoms with E-state index in [-0.39, 0.29) is 18.5 Å². The predicted octanol–water partition coefficient (Wildman–Crippen LogP) is 3.50. The Morgan fingerprint density at radius 3 is 2.81 bits per heavy atom. The number of para-hydroxylation sites is 1.